The van der Waals surface area contributed by atoms with Crippen LogP contribution in [0.2, 0.25) is 0 Å². The second-order valence-corrected chi connectivity index (χ2v) is 3.66. The van der Waals surface area contributed by atoms with Crippen molar-refractivity contribution in [1.82, 2.24) is 0 Å². The molecule has 5 nitrogen and oxygen atoms in total. The van der Waals surface area contributed by atoms with E-state index in [0.717, 1.165) is 5.57 Å². The van der Waals surface area contributed by atoms with Crippen LogP contribution in [0, 0.1) is 11.8 Å². The first-order valence-corrected chi connectivity index (χ1v) is 4.31. The van der Waals surface area contributed by atoms with Gasteiger partial charge >= 0.3 is 11.9 Å². The molecule has 2 heterocycles. The minimum Gasteiger partial charge on any atom is -0.481 e. The zero-order valence-corrected chi connectivity index (χ0v) is 7.51. The van der Waals surface area contributed by atoms with Crippen LogP contribution in [0.3, 0.4) is 0 Å². The summed E-state index contributed by atoms with van der Waals surface area (Å²) in [6, 6.07) is 0. The second-order valence-electron chi connectivity index (χ2n) is 3.66. The summed E-state index contributed by atoms with van der Waals surface area (Å²) in [5.74, 6) is -4.09. The van der Waals surface area contributed by atoms with E-state index >= 15 is 0 Å². The monoisotopic (exact) mass is 198 g/mol. The third-order valence-electron chi connectivity index (χ3n) is 2.82. The van der Waals surface area contributed by atoms with Gasteiger partial charge in [0.1, 0.15) is 11.8 Å². The van der Waals surface area contributed by atoms with E-state index in [1.54, 1.807) is 13.0 Å². The van der Waals surface area contributed by atoms with Crippen molar-refractivity contribution in [2.24, 2.45) is 11.8 Å². The third kappa shape index (κ3) is 1.05. The Labute approximate surface area is 80.0 Å². The molecule has 0 aromatic heterocycles. The highest BCUT2D eigenvalue weighted by Gasteiger charge is 2.55. The molecule has 2 rings (SSSR count). The van der Waals surface area contributed by atoms with E-state index in [-0.39, 0.29) is 0 Å². The Kier molecular flexibility index (Phi) is 1.85. The molecule has 0 aromatic rings. The predicted octanol–water partition coefficient (Wildman–Crippen LogP) is 0.115. The van der Waals surface area contributed by atoms with E-state index in [1.165, 1.54) is 0 Å². The van der Waals surface area contributed by atoms with E-state index in [2.05, 4.69) is 0 Å². The van der Waals surface area contributed by atoms with Crippen molar-refractivity contribution in [3.8, 4) is 0 Å². The van der Waals surface area contributed by atoms with Crippen LogP contribution in [0.1, 0.15) is 6.92 Å². The van der Waals surface area contributed by atoms with E-state index in [9.17, 15) is 9.59 Å². The standard InChI is InChI=1S/C9H10O5/c1-3-2-4-5(8(10)11)6(9(12)13)7(3)14-4/h2,4-7H,1H3,(H,10,11)(H,12,13). The van der Waals surface area contributed by atoms with Crippen LogP contribution >= 0.6 is 0 Å². The van der Waals surface area contributed by atoms with Gasteiger partial charge in [0.15, 0.2) is 0 Å². The van der Waals surface area contributed by atoms with Crippen LogP contribution in [0.15, 0.2) is 11.6 Å². The Bertz CT molecular complexity index is 332. The van der Waals surface area contributed by atoms with Crippen LogP contribution in [0.5, 0.6) is 0 Å². The molecule has 0 amide bonds. The Hall–Kier alpha value is -1.36. The SMILES string of the molecule is CC1=CC2OC1C(C(=O)O)C2C(=O)O. The number of fused-ring (bicyclic) bond motifs is 2. The Morgan fingerprint density at radius 2 is 1.86 bits per heavy atom. The van der Waals surface area contributed by atoms with Gasteiger partial charge in [0, 0.05) is 0 Å². The summed E-state index contributed by atoms with van der Waals surface area (Å²) in [6.07, 6.45) is 0.570. The van der Waals surface area contributed by atoms with Crippen LogP contribution < -0.4 is 0 Å². The van der Waals surface area contributed by atoms with Gasteiger partial charge in [0.25, 0.3) is 0 Å². The first-order chi connectivity index (χ1) is 6.52. The van der Waals surface area contributed by atoms with Gasteiger partial charge in [-0.25, -0.2) is 0 Å². The lowest BCUT2D eigenvalue weighted by Crippen LogP contribution is -2.37. The number of carboxylic acid groups (broad SMARTS) is 2. The quantitative estimate of drug-likeness (QED) is 0.615. The van der Waals surface area contributed by atoms with E-state index < -0.39 is 36.0 Å². The lowest BCUT2D eigenvalue weighted by atomic mass is 9.80. The molecule has 0 saturated carbocycles. The van der Waals surface area contributed by atoms with Crippen LogP contribution in [0.25, 0.3) is 0 Å². The molecular formula is C9H10O5. The van der Waals surface area contributed by atoms with Crippen molar-refractivity contribution in [3.05, 3.63) is 11.6 Å². The Morgan fingerprint density at radius 3 is 2.36 bits per heavy atom. The van der Waals surface area contributed by atoms with Crippen LogP contribution in [-0.2, 0) is 14.3 Å². The van der Waals surface area contributed by atoms with Gasteiger partial charge in [-0.2, -0.15) is 0 Å². The first kappa shape index (κ1) is 9.21. The van der Waals surface area contributed by atoms with Gasteiger partial charge in [-0.05, 0) is 12.5 Å². The van der Waals surface area contributed by atoms with Gasteiger partial charge < -0.3 is 14.9 Å². The molecule has 2 N–H and O–H groups in total. The molecule has 2 aliphatic rings. The van der Waals surface area contributed by atoms with Gasteiger partial charge in [-0.1, -0.05) is 6.08 Å². The highest BCUT2D eigenvalue weighted by atomic mass is 16.5. The Balaban J connectivity index is 2.35. The first-order valence-electron chi connectivity index (χ1n) is 4.31. The van der Waals surface area contributed by atoms with Crippen molar-refractivity contribution in [3.63, 3.8) is 0 Å². The van der Waals surface area contributed by atoms with Crippen molar-refractivity contribution >= 4 is 11.9 Å². The number of hydrogen-bond donors (Lipinski definition) is 2. The predicted molar refractivity (Wildman–Crippen MR) is 44.7 cm³/mol. The van der Waals surface area contributed by atoms with E-state index in [1.807, 2.05) is 0 Å². The summed E-state index contributed by atoms with van der Waals surface area (Å²) in [7, 11) is 0. The van der Waals surface area contributed by atoms with Crippen LogP contribution in [0.4, 0.5) is 0 Å². The third-order valence-corrected chi connectivity index (χ3v) is 2.82. The fraction of sp³-hybridized carbons (Fsp3) is 0.556. The highest BCUT2D eigenvalue weighted by molar-refractivity contribution is 5.83. The molecule has 0 aliphatic carbocycles. The number of ether oxygens (including phenoxy) is 1. The van der Waals surface area contributed by atoms with Crippen LogP contribution in [-0.4, -0.2) is 34.4 Å². The molecule has 76 valence electrons. The smallest absolute Gasteiger partial charge is 0.310 e. The number of aliphatic carboxylic acids is 2. The minimum absolute atomic E-state index is 0.557. The molecule has 0 radical (unpaired) electrons. The fourth-order valence-corrected chi connectivity index (χ4v) is 2.20. The molecule has 1 saturated heterocycles. The normalized spacial score (nSPS) is 39.6. The number of carboxylic acids is 2. The van der Waals surface area contributed by atoms with Crippen molar-refractivity contribution in [2.45, 2.75) is 19.1 Å². The highest BCUT2D eigenvalue weighted by Crippen LogP contribution is 2.42. The molecule has 2 bridgehead atoms. The molecule has 5 heteroatoms. The topological polar surface area (TPSA) is 83.8 Å². The lowest BCUT2D eigenvalue weighted by molar-refractivity contribution is -0.152. The summed E-state index contributed by atoms with van der Waals surface area (Å²) in [5, 5.41) is 17.8. The number of rotatable bonds is 2. The van der Waals surface area contributed by atoms with Crippen molar-refractivity contribution < 1.29 is 24.5 Å². The maximum absolute atomic E-state index is 10.9. The molecule has 14 heavy (non-hydrogen) atoms. The molecule has 0 aromatic carbocycles. The maximum atomic E-state index is 10.9. The van der Waals surface area contributed by atoms with Crippen molar-refractivity contribution in [1.29, 1.82) is 0 Å². The zero-order valence-electron chi connectivity index (χ0n) is 7.51. The van der Waals surface area contributed by atoms with Gasteiger partial charge in [-0.3, -0.25) is 9.59 Å². The largest absolute Gasteiger partial charge is 0.481 e. The summed E-state index contributed by atoms with van der Waals surface area (Å²) >= 11 is 0. The maximum Gasteiger partial charge on any atom is 0.310 e. The average Bonchev–Trinajstić information content (AvgIpc) is 2.58. The Morgan fingerprint density at radius 1 is 1.29 bits per heavy atom. The van der Waals surface area contributed by atoms with Gasteiger partial charge in [0.2, 0.25) is 0 Å². The summed E-state index contributed by atoms with van der Waals surface area (Å²) in [5.41, 5.74) is 0.819. The lowest BCUT2D eigenvalue weighted by Gasteiger charge is -2.19. The second kappa shape index (κ2) is 2.81. The van der Waals surface area contributed by atoms with Gasteiger partial charge in [0.05, 0.1) is 12.2 Å². The average molecular weight is 198 g/mol. The van der Waals surface area contributed by atoms with E-state index in [4.69, 9.17) is 14.9 Å². The van der Waals surface area contributed by atoms with Crippen molar-refractivity contribution in [2.75, 3.05) is 0 Å². The summed E-state index contributed by atoms with van der Waals surface area (Å²) in [6.45, 7) is 1.76. The minimum atomic E-state index is -1.10. The summed E-state index contributed by atoms with van der Waals surface area (Å²) in [4.78, 5) is 21.7. The number of carbonyl (C=O) groups is 2. The fourth-order valence-electron chi connectivity index (χ4n) is 2.20. The molecule has 1 fully saturated rings. The molecule has 0 spiro atoms. The van der Waals surface area contributed by atoms with Gasteiger partial charge in [-0.15, -0.1) is 0 Å². The molecular weight excluding hydrogens is 188 g/mol. The number of hydrogen-bond acceptors (Lipinski definition) is 3. The summed E-state index contributed by atoms with van der Waals surface area (Å²) < 4.78 is 5.28. The molecule has 2 aliphatic heterocycles. The molecule has 4 atom stereocenters. The molecule has 4 unspecified atom stereocenters. The zero-order chi connectivity index (χ0) is 10.5. The van der Waals surface area contributed by atoms with E-state index in [0.29, 0.717) is 0 Å².